The number of hydrogen-bond acceptors (Lipinski definition) is 3. The molecule has 1 aliphatic carbocycles. The lowest BCUT2D eigenvalue weighted by molar-refractivity contribution is -0.121. The van der Waals surface area contributed by atoms with Crippen LogP contribution in [0.25, 0.3) is 0 Å². The average molecular weight is 339 g/mol. The van der Waals surface area contributed by atoms with Crippen LogP contribution in [0.4, 0.5) is 0 Å². The summed E-state index contributed by atoms with van der Waals surface area (Å²) in [5.74, 6) is 1.77. The Hall–Kier alpha value is -2.49. The third kappa shape index (κ3) is 3.95. The van der Waals surface area contributed by atoms with Gasteiger partial charge in [0.2, 0.25) is 5.91 Å². The van der Waals surface area contributed by atoms with Gasteiger partial charge in [0.1, 0.15) is 11.5 Å². The molecule has 3 rings (SSSR count). The fraction of sp³-hybridized carbons (Fsp3) is 0.381. The molecular formula is C21H25NO3. The van der Waals surface area contributed by atoms with Gasteiger partial charge >= 0.3 is 0 Å². The average Bonchev–Trinajstić information content (AvgIpc) is 2.61. The van der Waals surface area contributed by atoms with Gasteiger partial charge in [-0.2, -0.15) is 0 Å². The highest BCUT2D eigenvalue weighted by atomic mass is 16.5. The van der Waals surface area contributed by atoms with Crippen LogP contribution in [0.5, 0.6) is 11.5 Å². The van der Waals surface area contributed by atoms with Gasteiger partial charge < -0.3 is 14.8 Å². The number of benzene rings is 2. The Balaban J connectivity index is 1.69. The molecule has 1 aliphatic rings. The molecule has 0 saturated carbocycles. The van der Waals surface area contributed by atoms with E-state index in [-0.39, 0.29) is 11.9 Å². The number of amides is 1. The molecule has 1 amide bonds. The molecule has 0 unspecified atom stereocenters. The first-order chi connectivity index (χ1) is 12.1. The number of nitrogens with one attached hydrogen (secondary N) is 1. The molecule has 0 bridgehead atoms. The summed E-state index contributed by atoms with van der Waals surface area (Å²) >= 11 is 0. The summed E-state index contributed by atoms with van der Waals surface area (Å²) in [4.78, 5) is 12.5. The third-order valence-electron chi connectivity index (χ3n) is 4.82. The zero-order valence-corrected chi connectivity index (χ0v) is 15.1. The Labute approximate surface area is 149 Å². The van der Waals surface area contributed by atoms with Gasteiger partial charge in [-0.15, -0.1) is 0 Å². The molecule has 0 spiro atoms. The van der Waals surface area contributed by atoms with Crippen molar-refractivity contribution in [2.75, 3.05) is 14.2 Å². The Bertz CT molecular complexity index is 770. The first-order valence-electron chi connectivity index (χ1n) is 8.70. The zero-order valence-electron chi connectivity index (χ0n) is 15.1. The van der Waals surface area contributed by atoms with E-state index in [0.717, 1.165) is 41.9 Å². The van der Waals surface area contributed by atoms with E-state index in [1.807, 2.05) is 31.2 Å². The molecule has 2 aromatic carbocycles. The highest BCUT2D eigenvalue weighted by Gasteiger charge is 2.22. The first kappa shape index (κ1) is 17.3. The number of rotatable bonds is 5. The summed E-state index contributed by atoms with van der Waals surface area (Å²) in [7, 11) is 3.34. The largest absolute Gasteiger partial charge is 0.497 e. The van der Waals surface area contributed by atoms with Crippen molar-refractivity contribution >= 4 is 5.91 Å². The Morgan fingerprint density at radius 2 is 2.00 bits per heavy atom. The fourth-order valence-electron chi connectivity index (χ4n) is 3.55. The predicted octanol–water partition coefficient (Wildman–Crippen LogP) is 3.75. The number of methoxy groups -OCH3 is 2. The van der Waals surface area contributed by atoms with Gasteiger partial charge in [-0.1, -0.05) is 18.2 Å². The van der Waals surface area contributed by atoms with Crippen molar-refractivity contribution in [2.24, 2.45) is 0 Å². The van der Waals surface area contributed by atoms with Crippen LogP contribution in [0.15, 0.2) is 36.4 Å². The number of aryl methyl sites for hydroxylation is 2. The van der Waals surface area contributed by atoms with Crippen LogP contribution in [-0.4, -0.2) is 20.1 Å². The highest BCUT2D eigenvalue weighted by Crippen LogP contribution is 2.32. The Morgan fingerprint density at radius 3 is 2.72 bits per heavy atom. The van der Waals surface area contributed by atoms with Crippen molar-refractivity contribution in [3.05, 3.63) is 58.7 Å². The van der Waals surface area contributed by atoms with Crippen molar-refractivity contribution in [1.29, 1.82) is 0 Å². The summed E-state index contributed by atoms with van der Waals surface area (Å²) in [5.41, 5.74) is 4.53. The van der Waals surface area contributed by atoms with Crippen molar-refractivity contribution in [3.63, 3.8) is 0 Å². The molecule has 0 aromatic heterocycles. The van der Waals surface area contributed by atoms with E-state index in [1.54, 1.807) is 14.2 Å². The summed E-state index contributed by atoms with van der Waals surface area (Å²) in [6.45, 7) is 1.99. The van der Waals surface area contributed by atoms with Crippen LogP contribution in [0, 0.1) is 6.92 Å². The Morgan fingerprint density at radius 1 is 1.16 bits per heavy atom. The molecule has 0 saturated heterocycles. The Kier molecular flexibility index (Phi) is 5.27. The lowest BCUT2D eigenvalue weighted by Crippen LogP contribution is -2.32. The van der Waals surface area contributed by atoms with Gasteiger partial charge in [0.05, 0.1) is 26.7 Å². The van der Waals surface area contributed by atoms with E-state index in [4.69, 9.17) is 9.47 Å². The molecule has 25 heavy (non-hydrogen) atoms. The van der Waals surface area contributed by atoms with Gasteiger partial charge in [-0.3, -0.25) is 4.79 Å². The minimum Gasteiger partial charge on any atom is -0.497 e. The smallest absolute Gasteiger partial charge is 0.224 e. The van der Waals surface area contributed by atoms with Gasteiger partial charge in [0.15, 0.2) is 0 Å². The van der Waals surface area contributed by atoms with Crippen molar-refractivity contribution in [2.45, 2.75) is 38.6 Å². The molecule has 4 heteroatoms. The van der Waals surface area contributed by atoms with Crippen LogP contribution >= 0.6 is 0 Å². The highest BCUT2D eigenvalue weighted by molar-refractivity contribution is 5.79. The SMILES string of the molecule is COc1ccc2c(c1)CCC[C@H]2NC(=O)Cc1ccc(OC)c(C)c1. The maximum absolute atomic E-state index is 12.5. The fourth-order valence-corrected chi connectivity index (χ4v) is 3.55. The van der Waals surface area contributed by atoms with Crippen LogP contribution in [0.2, 0.25) is 0 Å². The summed E-state index contributed by atoms with van der Waals surface area (Å²) in [6.07, 6.45) is 3.48. The second-order valence-corrected chi connectivity index (χ2v) is 6.56. The molecule has 132 valence electrons. The minimum absolute atomic E-state index is 0.0539. The predicted molar refractivity (Wildman–Crippen MR) is 98.3 cm³/mol. The van der Waals surface area contributed by atoms with Crippen molar-refractivity contribution in [3.8, 4) is 11.5 Å². The lowest BCUT2D eigenvalue weighted by atomic mass is 9.87. The van der Waals surface area contributed by atoms with Gasteiger partial charge in [0, 0.05) is 0 Å². The quantitative estimate of drug-likeness (QED) is 0.902. The number of fused-ring (bicyclic) bond motifs is 1. The molecule has 0 fully saturated rings. The van der Waals surface area contributed by atoms with Gasteiger partial charge in [-0.25, -0.2) is 0 Å². The second-order valence-electron chi connectivity index (χ2n) is 6.56. The van der Waals surface area contributed by atoms with E-state index in [0.29, 0.717) is 6.42 Å². The molecule has 0 aliphatic heterocycles. The first-order valence-corrected chi connectivity index (χ1v) is 8.70. The van der Waals surface area contributed by atoms with Crippen LogP contribution < -0.4 is 14.8 Å². The van der Waals surface area contributed by atoms with E-state index in [1.165, 1.54) is 11.1 Å². The normalized spacial score (nSPS) is 16.0. The van der Waals surface area contributed by atoms with Gasteiger partial charge in [-0.05, 0) is 66.6 Å². The number of hydrogen-bond donors (Lipinski definition) is 1. The van der Waals surface area contributed by atoms with Crippen LogP contribution in [0.1, 0.15) is 41.1 Å². The van der Waals surface area contributed by atoms with Crippen molar-refractivity contribution in [1.82, 2.24) is 5.32 Å². The van der Waals surface area contributed by atoms with E-state index < -0.39 is 0 Å². The molecule has 0 heterocycles. The minimum atomic E-state index is 0.0539. The molecule has 1 N–H and O–H groups in total. The number of carbonyl (C=O) groups is 1. The lowest BCUT2D eigenvalue weighted by Gasteiger charge is -2.27. The summed E-state index contributed by atoms with van der Waals surface area (Å²) in [5, 5.41) is 3.20. The van der Waals surface area contributed by atoms with Crippen LogP contribution in [0.3, 0.4) is 0 Å². The monoisotopic (exact) mass is 339 g/mol. The third-order valence-corrected chi connectivity index (χ3v) is 4.82. The number of carbonyl (C=O) groups excluding carboxylic acids is 1. The molecule has 1 atom stereocenters. The standard InChI is InChI=1S/C21H25NO3/c1-14-11-15(7-10-20(14)25-3)12-21(23)22-19-6-4-5-16-13-17(24-2)8-9-18(16)19/h7-11,13,19H,4-6,12H2,1-3H3,(H,22,23)/t19-/m1/s1. The number of ether oxygens (including phenoxy) is 2. The van der Waals surface area contributed by atoms with Gasteiger partial charge in [0.25, 0.3) is 0 Å². The molecule has 0 radical (unpaired) electrons. The maximum Gasteiger partial charge on any atom is 0.224 e. The second kappa shape index (κ2) is 7.60. The summed E-state index contributed by atoms with van der Waals surface area (Å²) in [6, 6.07) is 12.1. The zero-order chi connectivity index (χ0) is 17.8. The van der Waals surface area contributed by atoms with E-state index in [2.05, 4.69) is 17.4 Å². The molecular weight excluding hydrogens is 314 g/mol. The molecule has 4 nitrogen and oxygen atoms in total. The maximum atomic E-state index is 12.5. The molecule has 2 aromatic rings. The van der Waals surface area contributed by atoms with Crippen molar-refractivity contribution < 1.29 is 14.3 Å². The topological polar surface area (TPSA) is 47.6 Å². The van der Waals surface area contributed by atoms with E-state index in [9.17, 15) is 4.79 Å². The summed E-state index contributed by atoms with van der Waals surface area (Å²) < 4.78 is 10.6. The van der Waals surface area contributed by atoms with E-state index >= 15 is 0 Å². The van der Waals surface area contributed by atoms with Crippen LogP contribution in [-0.2, 0) is 17.6 Å².